The average Bonchev–Trinajstić information content (AvgIpc) is 2.74. The van der Waals surface area contributed by atoms with Crippen molar-refractivity contribution in [1.82, 2.24) is 4.98 Å². The molecule has 2 heterocycles. The van der Waals surface area contributed by atoms with Gasteiger partial charge in [0.15, 0.2) is 5.82 Å². The Morgan fingerprint density at radius 1 is 1.19 bits per heavy atom. The number of nitriles is 1. The second kappa shape index (κ2) is 7.76. The number of nitrogens with two attached hydrogens (primary N) is 1. The predicted molar refractivity (Wildman–Crippen MR) is 119 cm³/mol. The van der Waals surface area contributed by atoms with E-state index in [9.17, 15) is 15.2 Å². The predicted octanol–water partition coefficient (Wildman–Crippen LogP) is 4.42. The van der Waals surface area contributed by atoms with Gasteiger partial charge in [-0.15, -0.1) is 0 Å². The van der Waals surface area contributed by atoms with Crippen LogP contribution in [0.3, 0.4) is 0 Å². The molecule has 0 fully saturated rings. The molecule has 4 aromatic rings. The summed E-state index contributed by atoms with van der Waals surface area (Å²) < 4.78 is 5.50. The lowest BCUT2D eigenvalue weighted by Gasteiger charge is -2.12. The fourth-order valence-electron chi connectivity index (χ4n) is 3.44. The SMILES string of the molecule is C/C(N)=N\c1nc(-c2c(O)c3cccc(C)c3oc2=O)cc(-c2ccccc2)c1C#N. The molecule has 7 nitrogen and oxygen atoms in total. The van der Waals surface area contributed by atoms with Crippen LogP contribution in [-0.4, -0.2) is 15.9 Å². The Labute approximate surface area is 177 Å². The van der Waals surface area contributed by atoms with Crippen molar-refractivity contribution in [2.75, 3.05) is 0 Å². The lowest BCUT2D eigenvalue weighted by Crippen LogP contribution is -2.08. The van der Waals surface area contributed by atoms with Gasteiger partial charge in [-0.2, -0.15) is 5.26 Å². The molecule has 3 N–H and O–H groups in total. The lowest BCUT2D eigenvalue weighted by molar-refractivity contribution is 0.470. The highest BCUT2D eigenvalue weighted by Gasteiger charge is 2.22. The number of amidine groups is 1. The molecular formula is C24H18N4O3. The van der Waals surface area contributed by atoms with Crippen LogP contribution in [0.2, 0.25) is 0 Å². The second-order valence-corrected chi connectivity index (χ2v) is 7.05. The van der Waals surface area contributed by atoms with Gasteiger partial charge in [0, 0.05) is 5.56 Å². The third-order valence-corrected chi connectivity index (χ3v) is 4.84. The number of nitrogens with zero attached hydrogens (tertiary/aromatic N) is 3. The van der Waals surface area contributed by atoms with Crippen molar-refractivity contribution in [2.24, 2.45) is 10.7 Å². The van der Waals surface area contributed by atoms with E-state index in [1.54, 1.807) is 38.1 Å². The van der Waals surface area contributed by atoms with Gasteiger partial charge in [0.1, 0.15) is 28.5 Å². The summed E-state index contributed by atoms with van der Waals surface area (Å²) in [5.74, 6) is 0.0121. The van der Waals surface area contributed by atoms with Crippen LogP contribution in [0.25, 0.3) is 33.4 Å². The van der Waals surface area contributed by atoms with Crippen molar-refractivity contribution >= 4 is 22.6 Å². The minimum absolute atomic E-state index is 0.0574. The zero-order valence-electron chi connectivity index (χ0n) is 16.9. The fraction of sp³-hybridized carbons (Fsp3) is 0.0833. The Hall–Kier alpha value is -4.44. The van der Waals surface area contributed by atoms with E-state index >= 15 is 0 Å². The molecule has 0 amide bonds. The summed E-state index contributed by atoms with van der Waals surface area (Å²) in [6, 6.07) is 18.1. The van der Waals surface area contributed by atoms with Crippen molar-refractivity contribution in [3.05, 3.63) is 76.1 Å². The first-order valence-corrected chi connectivity index (χ1v) is 9.47. The monoisotopic (exact) mass is 410 g/mol. The molecule has 0 saturated carbocycles. The van der Waals surface area contributed by atoms with E-state index in [-0.39, 0.29) is 34.2 Å². The van der Waals surface area contributed by atoms with Gasteiger partial charge in [-0.25, -0.2) is 14.8 Å². The van der Waals surface area contributed by atoms with Gasteiger partial charge < -0.3 is 15.3 Å². The van der Waals surface area contributed by atoms with Crippen molar-refractivity contribution in [2.45, 2.75) is 13.8 Å². The standard InChI is InChI=1S/C24H18N4O3/c1-13-7-6-10-16-21(29)20(24(30)31-22(13)16)19-11-17(15-8-4-3-5-9-15)18(12-25)23(28-19)27-14(2)26/h3-11,29H,1-2H3,(H2,26,27,28). The molecule has 31 heavy (non-hydrogen) atoms. The van der Waals surface area contributed by atoms with E-state index in [0.29, 0.717) is 16.5 Å². The van der Waals surface area contributed by atoms with E-state index in [2.05, 4.69) is 16.0 Å². The van der Waals surface area contributed by atoms with Crippen LogP contribution in [-0.2, 0) is 0 Å². The van der Waals surface area contributed by atoms with E-state index in [0.717, 1.165) is 11.1 Å². The number of aromatic nitrogens is 1. The number of rotatable bonds is 3. The highest BCUT2D eigenvalue weighted by atomic mass is 16.4. The summed E-state index contributed by atoms with van der Waals surface area (Å²) in [5, 5.41) is 21.1. The largest absolute Gasteiger partial charge is 0.506 e. The normalized spacial score (nSPS) is 11.5. The van der Waals surface area contributed by atoms with Crippen molar-refractivity contribution in [1.29, 1.82) is 5.26 Å². The Balaban J connectivity index is 2.10. The third-order valence-electron chi connectivity index (χ3n) is 4.84. The molecule has 0 aliphatic rings. The molecule has 2 aromatic heterocycles. The number of fused-ring (bicyclic) bond motifs is 1. The summed E-state index contributed by atoms with van der Waals surface area (Å²) in [4.78, 5) is 21.4. The van der Waals surface area contributed by atoms with E-state index in [1.807, 2.05) is 30.3 Å². The topological polar surface area (TPSA) is 126 Å². The minimum Gasteiger partial charge on any atom is -0.506 e. The molecule has 0 bridgehead atoms. The molecule has 4 rings (SSSR count). The number of hydrogen-bond acceptors (Lipinski definition) is 6. The van der Waals surface area contributed by atoms with E-state index in [4.69, 9.17) is 10.2 Å². The summed E-state index contributed by atoms with van der Waals surface area (Å²) in [5.41, 5.74) is 7.51. The van der Waals surface area contributed by atoms with Gasteiger partial charge in [0.25, 0.3) is 0 Å². The van der Waals surface area contributed by atoms with Gasteiger partial charge in [0.2, 0.25) is 0 Å². The zero-order valence-corrected chi connectivity index (χ0v) is 16.9. The zero-order chi connectivity index (χ0) is 22.1. The maximum atomic E-state index is 12.9. The number of aliphatic imine (C=N–C) groups is 1. The molecule has 0 unspecified atom stereocenters. The molecule has 2 aromatic carbocycles. The van der Waals surface area contributed by atoms with E-state index in [1.165, 1.54) is 0 Å². The second-order valence-electron chi connectivity index (χ2n) is 7.05. The third kappa shape index (κ3) is 3.51. The first-order valence-electron chi connectivity index (χ1n) is 9.47. The Bertz CT molecular complexity index is 1440. The first kappa shape index (κ1) is 19.9. The Morgan fingerprint density at radius 3 is 2.61 bits per heavy atom. The molecule has 0 aliphatic carbocycles. The van der Waals surface area contributed by atoms with Gasteiger partial charge in [-0.1, -0.05) is 42.5 Å². The van der Waals surface area contributed by atoms with Crippen LogP contribution in [0.1, 0.15) is 18.1 Å². The van der Waals surface area contributed by atoms with Crippen LogP contribution < -0.4 is 11.4 Å². The summed E-state index contributed by atoms with van der Waals surface area (Å²) in [6.07, 6.45) is 0. The highest BCUT2D eigenvalue weighted by Crippen LogP contribution is 2.38. The first-order chi connectivity index (χ1) is 14.9. The smallest absolute Gasteiger partial charge is 0.349 e. The number of aromatic hydroxyl groups is 1. The van der Waals surface area contributed by atoms with Crippen LogP contribution in [0.5, 0.6) is 5.75 Å². The van der Waals surface area contributed by atoms with Gasteiger partial charge in [0.05, 0.1) is 16.9 Å². The number of para-hydroxylation sites is 1. The lowest BCUT2D eigenvalue weighted by atomic mass is 9.98. The summed E-state index contributed by atoms with van der Waals surface area (Å²) >= 11 is 0. The molecule has 0 radical (unpaired) electrons. The quantitative estimate of drug-likeness (QED) is 0.293. The molecule has 152 valence electrons. The van der Waals surface area contributed by atoms with Crippen LogP contribution >= 0.6 is 0 Å². The van der Waals surface area contributed by atoms with Gasteiger partial charge >= 0.3 is 5.63 Å². The molecule has 0 aliphatic heterocycles. The maximum absolute atomic E-state index is 12.9. The van der Waals surface area contributed by atoms with Crippen molar-refractivity contribution in [3.8, 4) is 34.2 Å². The van der Waals surface area contributed by atoms with Crippen LogP contribution in [0.4, 0.5) is 5.82 Å². The summed E-state index contributed by atoms with van der Waals surface area (Å²) in [7, 11) is 0. The highest BCUT2D eigenvalue weighted by molar-refractivity contribution is 5.92. The van der Waals surface area contributed by atoms with Gasteiger partial charge in [-0.05, 0) is 37.1 Å². The molecule has 0 saturated heterocycles. The Morgan fingerprint density at radius 2 is 1.94 bits per heavy atom. The van der Waals surface area contributed by atoms with Crippen LogP contribution in [0, 0.1) is 18.3 Å². The number of aryl methyl sites for hydroxylation is 1. The molecule has 0 atom stereocenters. The van der Waals surface area contributed by atoms with Gasteiger partial charge in [-0.3, -0.25) is 0 Å². The van der Waals surface area contributed by atoms with Crippen molar-refractivity contribution < 1.29 is 9.52 Å². The minimum atomic E-state index is -0.741. The molecule has 7 heteroatoms. The Kier molecular flexibility index (Phi) is 4.97. The maximum Gasteiger partial charge on any atom is 0.349 e. The summed E-state index contributed by atoms with van der Waals surface area (Å²) in [6.45, 7) is 3.36. The van der Waals surface area contributed by atoms with Crippen LogP contribution in [0.15, 0.2) is 68.8 Å². The number of hydrogen-bond donors (Lipinski definition) is 2. The molecular weight excluding hydrogens is 392 g/mol. The number of benzene rings is 2. The van der Waals surface area contributed by atoms with Crippen molar-refractivity contribution in [3.63, 3.8) is 0 Å². The fourth-order valence-corrected chi connectivity index (χ4v) is 3.44. The average molecular weight is 410 g/mol. The molecule has 0 spiro atoms. The van der Waals surface area contributed by atoms with E-state index < -0.39 is 5.63 Å². The number of pyridine rings is 1.